The van der Waals surface area contributed by atoms with Gasteiger partial charge in [0.1, 0.15) is 0 Å². The lowest BCUT2D eigenvalue weighted by Gasteiger charge is -2.32. The smallest absolute Gasteiger partial charge is 0.307 e. The van der Waals surface area contributed by atoms with Gasteiger partial charge in [-0.25, -0.2) is 0 Å². The minimum absolute atomic E-state index is 0.120. The highest BCUT2D eigenvalue weighted by Crippen LogP contribution is 2.22. The van der Waals surface area contributed by atoms with Crippen molar-refractivity contribution in [2.45, 2.75) is 32.2 Å². The SMILES string of the molecule is CNCCC1CCN(Cc2ccccc2CC(=O)O)CC1. The Bertz CT molecular complexity index is 454. The van der Waals surface area contributed by atoms with Gasteiger partial charge in [0.05, 0.1) is 6.42 Å². The number of nitrogens with one attached hydrogen (secondary N) is 1. The molecule has 0 atom stereocenters. The number of hydrogen-bond donors (Lipinski definition) is 2. The number of carboxylic acids is 1. The van der Waals surface area contributed by atoms with Crippen LogP contribution in [0.3, 0.4) is 0 Å². The summed E-state index contributed by atoms with van der Waals surface area (Å²) in [6.07, 6.45) is 3.89. The Labute approximate surface area is 127 Å². The second kappa shape index (κ2) is 8.15. The Morgan fingerprint density at radius 2 is 1.95 bits per heavy atom. The molecule has 0 unspecified atom stereocenters. The summed E-state index contributed by atoms with van der Waals surface area (Å²) in [4.78, 5) is 13.4. The van der Waals surface area contributed by atoms with Crippen molar-refractivity contribution >= 4 is 5.97 Å². The number of likely N-dealkylation sites (tertiary alicyclic amines) is 1. The molecule has 4 nitrogen and oxygen atoms in total. The molecule has 0 spiro atoms. The van der Waals surface area contributed by atoms with Crippen molar-refractivity contribution in [1.82, 2.24) is 10.2 Å². The molecule has 1 aliphatic rings. The average Bonchev–Trinajstić information content (AvgIpc) is 2.48. The van der Waals surface area contributed by atoms with Gasteiger partial charge in [0.25, 0.3) is 0 Å². The molecule has 21 heavy (non-hydrogen) atoms. The first-order valence-electron chi connectivity index (χ1n) is 7.84. The fourth-order valence-electron chi connectivity index (χ4n) is 3.07. The highest BCUT2D eigenvalue weighted by atomic mass is 16.4. The molecule has 0 bridgehead atoms. The van der Waals surface area contributed by atoms with E-state index in [1.165, 1.54) is 19.3 Å². The zero-order chi connectivity index (χ0) is 15.1. The predicted octanol–water partition coefficient (Wildman–Crippen LogP) is 2.14. The number of carboxylic acid groups (broad SMARTS) is 1. The first kappa shape index (κ1) is 16.0. The number of carbonyl (C=O) groups is 1. The Balaban J connectivity index is 1.87. The van der Waals surface area contributed by atoms with Gasteiger partial charge in [-0.1, -0.05) is 24.3 Å². The van der Waals surface area contributed by atoms with Crippen LogP contribution in [0.4, 0.5) is 0 Å². The minimum atomic E-state index is -0.756. The van der Waals surface area contributed by atoms with E-state index < -0.39 is 5.97 Å². The molecule has 1 saturated heterocycles. The van der Waals surface area contributed by atoms with Gasteiger partial charge in [0.2, 0.25) is 0 Å². The Hall–Kier alpha value is -1.39. The van der Waals surface area contributed by atoms with Crippen LogP contribution in [0, 0.1) is 5.92 Å². The van der Waals surface area contributed by atoms with Crippen molar-refractivity contribution in [3.8, 4) is 0 Å². The fraction of sp³-hybridized carbons (Fsp3) is 0.588. The van der Waals surface area contributed by atoms with Gasteiger partial charge < -0.3 is 10.4 Å². The Morgan fingerprint density at radius 1 is 1.29 bits per heavy atom. The van der Waals surface area contributed by atoms with Gasteiger partial charge in [0, 0.05) is 6.54 Å². The molecule has 1 aliphatic heterocycles. The molecule has 0 aliphatic carbocycles. The highest BCUT2D eigenvalue weighted by molar-refractivity contribution is 5.70. The number of benzene rings is 1. The van der Waals surface area contributed by atoms with Gasteiger partial charge in [0.15, 0.2) is 0 Å². The largest absolute Gasteiger partial charge is 0.481 e. The number of rotatable bonds is 7. The lowest BCUT2D eigenvalue weighted by molar-refractivity contribution is -0.136. The second-order valence-electron chi connectivity index (χ2n) is 5.95. The number of piperidine rings is 1. The topological polar surface area (TPSA) is 52.6 Å². The van der Waals surface area contributed by atoms with Crippen molar-refractivity contribution < 1.29 is 9.90 Å². The molecule has 1 heterocycles. The number of aliphatic carboxylic acids is 1. The standard InChI is InChI=1S/C17H26N2O2/c1-18-9-6-14-7-10-19(11-8-14)13-16-5-3-2-4-15(16)12-17(20)21/h2-5,14,18H,6-13H2,1H3,(H,20,21). The van der Waals surface area contributed by atoms with Crippen LogP contribution < -0.4 is 5.32 Å². The third-order valence-corrected chi connectivity index (χ3v) is 4.36. The predicted molar refractivity (Wildman–Crippen MR) is 84.3 cm³/mol. The molecule has 0 saturated carbocycles. The van der Waals surface area contributed by atoms with Crippen LogP contribution in [-0.2, 0) is 17.8 Å². The van der Waals surface area contributed by atoms with E-state index in [1.54, 1.807) is 0 Å². The van der Waals surface area contributed by atoms with Gasteiger partial charge in [-0.15, -0.1) is 0 Å². The highest BCUT2D eigenvalue weighted by Gasteiger charge is 2.19. The molecule has 0 amide bonds. The van der Waals surface area contributed by atoms with Crippen molar-refractivity contribution in [2.24, 2.45) is 5.92 Å². The Kier molecular flexibility index (Phi) is 6.21. The first-order valence-corrected chi connectivity index (χ1v) is 7.84. The average molecular weight is 290 g/mol. The van der Waals surface area contributed by atoms with Crippen LogP contribution in [-0.4, -0.2) is 42.7 Å². The maximum atomic E-state index is 10.9. The van der Waals surface area contributed by atoms with E-state index in [-0.39, 0.29) is 6.42 Å². The second-order valence-corrected chi connectivity index (χ2v) is 5.95. The van der Waals surface area contributed by atoms with Crippen LogP contribution in [0.15, 0.2) is 24.3 Å². The van der Waals surface area contributed by atoms with Crippen molar-refractivity contribution in [2.75, 3.05) is 26.7 Å². The number of hydrogen-bond acceptors (Lipinski definition) is 3. The zero-order valence-electron chi connectivity index (χ0n) is 12.8. The first-order chi connectivity index (χ1) is 10.2. The summed E-state index contributed by atoms with van der Waals surface area (Å²) in [6, 6.07) is 7.92. The monoisotopic (exact) mass is 290 g/mol. The third-order valence-electron chi connectivity index (χ3n) is 4.36. The molecule has 116 valence electrons. The van der Waals surface area contributed by atoms with E-state index in [0.717, 1.165) is 43.2 Å². The van der Waals surface area contributed by atoms with Crippen molar-refractivity contribution in [3.05, 3.63) is 35.4 Å². The maximum Gasteiger partial charge on any atom is 0.307 e. The molecule has 1 aromatic carbocycles. The van der Waals surface area contributed by atoms with Gasteiger partial charge in [-0.3, -0.25) is 9.69 Å². The summed E-state index contributed by atoms with van der Waals surface area (Å²) in [5.74, 6) is 0.0798. The normalized spacial score (nSPS) is 17.0. The zero-order valence-corrected chi connectivity index (χ0v) is 12.8. The third kappa shape index (κ3) is 5.14. The number of nitrogens with zero attached hydrogens (tertiary/aromatic N) is 1. The van der Waals surface area contributed by atoms with Crippen molar-refractivity contribution in [1.29, 1.82) is 0 Å². The van der Waals surface area contributed by atoms with E-state index in [4.69, 9.17) is 5.11 Å². The molecule has 0 radical (unpaired) electrons. The van der Waals surface area contributed by atoms with E-state index >= 15 is 0 Å². The quantitative estimate of drug-likeness (QED) is 0.808. The summed E-state index contributed by atoms with van der Waals surface area (Å²) in [5, 5.41) is 12.2. The van der Waals surface area contributed by atoms with E-state index in [2.05, 4.69) is 16.3 Å². The lowest BCUT2D eigenvalue weighted by atomic mass is 9.93. The summed E-state index contributed by atoms with van der Waals surface area (Å²) in [5.41, 5.74) is 2.11. The van der Waals surface area contributed by atoms with Crippen LogP contribution >= 0.6 is 0 Å². The fourth-order valence-corrected chi connectivity index (χ4v) is 3.07. The summed E-state index contributed by atoms with van der Waals surface area (Å²) >= 11 is 0. The van der Waals surface area contributed by atoms with Crippen molar-refractivity contribution in [3.63, 3.8) is 0 Å². The molecular weight excluding hydrogens is 264 g/mol. The van der Waals surface area contributed by atoms with Crippen LogP contribution in [0.2, 0.25) is 0 Å². The van der Waals surface area contributed by atoms with E-state index in [1.807, 2.05) is 25.2 Å². The van der Waals surface area contributed by atoms with Crippen LogP contribution in [0.1, 0.15) is 30.4 Å². The van der Waals surface area contributed by atoms with Gasteiger partial charge in [-0.2, -0.15) is 0 Å². The molecule has 2 rings (SSSR count). The van der Waals surface area contributed by atoms with Gasteiger partial charge in [-0.05, 0) is 63.0 Å². The Morgan fingerprint density at radius 3 is 2.57 bits per heavy atom. The molecule has 2 N–H and O–H groups in total. The molecular formula is C17H26N2O2. The maximum absolute atomic E-state index is 10.9. The minimum Gasteiger partial charge on any atom is -0.481 e. The summed E-state index contributed by atoms with van der Waals surface area (Å²) in [7, 11) is 2.01. The molecule has 1 aromatic rings. The van der Waals surface area contributed by atoms with Gasteiger partial charge >= 0.3 is 5.97 Å². The van der Waals surface area contributed by atoms with Crippen LogP contribution in [0.5, 0.6) is 0 Å². The van der Waals surface area contributed by atoms with Crippen LogP contribution in [0.25, 0.3) is 0 Å². The van der Waals surface area contributed by atoms with E-state index in [9.17, 15) is 4.79 Å². The summed E-state index contributed by atoms with van der Waals surface area (Å²) < 4.78 is 0. The molecule has 4 heteroatoms. The van der Waals surface area contributed by atoms with E-state index in [0.29, 0.717) is 0 Å². The summed E-state index contributed by atoms with van der Waals surface area (Å²) in [6.45, 7) is 4.22. The lowest BCUT2D eigenvalue weighted by Crippen LogP contribution is -2.34. The molecule has 0 aromatic heterocycles. The molecule has 1 fully saturated rings.